The number of hydrogen-bond acceptors (Lipinski definition) is 15. The van der Waals surface area contributed by atoms with Crippen molar-refractivity contribution >= 4 is 33.5 Å². The van der Waals surface area contributed by atoms with Gasteiger partial charge in [-0.25, -0.2) is 29.3 Å². The van der Waals surface area contributed by atoms with Crippen molar-refractivity contribution in [3.63, 3.8) is 0 Å². The first-order chi connectivity index (χ1) is 33.3. The highest BCUT2D eigenvalue weighted by molar-refractivity contribution is 5.71. The Hall–Kier alpha value is -5.79. The molecule has 7 unspecified atom stereocenters. The molecule has 0 fully saturated rings. The minimum atomic E-state index is -2.87. The minimum Gasteiger partial charge on any atom is -0.394 e. The van der Waals surface area contributed by atoms with E-state index in [-0.39, 0.29) is 80.5 Å². The molecule has 0 bridgehead atoms. The molecule has 0 radical (unpaired) electrons. The molecule has 7 atom stereocenters. The van der Waals surface area contributed by atoms with Gasteiger partial charge >= 0.3 is 17.1 Å². The van der Waals surface area contributed by atoms with Crippen LogP contribution in [-0.4, -0.2) is 125 Å². The van der Waals surface area contributed by atoms with Crippen LogP contribution in [0.25, 0.3) is 33.5 Å². The molecule has 0 aliphatic carbocycles. The summed E-state index contributed by atoms with van der Waals surface area (Å²) in [5.41, 5.74) is -1.29. The number of hydrogen-bond donors (Lipinski definition) is 6. The molecule has 0 aliphatic heterocycles. The predicted octanol–water partition coefficient (Wildman–Crippen LogP) is -2.82. The molecule has 6 aromatic rings. The molecule has 24 nitrogen and oxygen atoms in total. The first-order valence-corrected chi connectivity index (χ1v) is 20.0. The molecule has 0 saturated heterocycles. The van der Waals surface area contributed by atoms with E-state index in [9.17, 15) is 44.1 Å². The van der Waals surface area contributed by atoms with Gasteiger partial charge in [0, 0.05) is 67.4 Å². The molecule has 6 N–H and O–H groups in total. The molecule has 24 heteroatoms. The standard InChI is InChI=1S/C14H22N4O4.2C13H20N4O4/c1-9-15-12-11(16(9)2)13(21)18(14(22)17(12)3)7-5-4-6-10(20)8-19;2*1-15-8-14-11-10(15)12(20)17(13(21)16(11)2)6-4-3-5-9(19)7-18/h10,19-20H,4-8H2,1-3H3;2*8-9,18-19H,3-7H2,1-2H3/i6D,8D;5D2,7D;5D,7D2. The van der Waals surface area contributed by atoms with Crippen LogP contribution in [0.15, 0.2) is 41.4 Å². The molecule has 64 heavy (non-hydrogen) atoms. The van der Waals surface area contributed by atoms with Crippen LogP contribution in [0.2, 0.25) is 0 Å². The molecule has 6 rings (SSSR count). The maximum Gasteiger partial charge on any atom is 0.332 e. The van der Waals surface area contributed by atoms with E-state index in [2.05, 4.69) is 15.0 Å². The molecule has 0 saturated carbocycles. The van der Waals surface area contributed by atoms with Crippen molar-refractivity contribution < 1.29 is 41.6 Å². The number of fused-ring (bicyclic) bond motifs is 3. The monoisotopic (exact) mass is 911 g/mol. The van der Waals surface area contributed by atoms with Gasteiger partial charge in [0.1, 0.15) is 5.82 Å². The molecule has 0 amide bonds. The van der Waals surface area contributed by atoms with Crippen LogP contribution in [0.1, 0.15) is 74.5 Å². The zero-order valence-corrected chi connectivity index (χ0v) is 36.6. The van der Waals surface area contributed by atoms with Gasteiger partial charge in [0.25, 0.3) is 16.7 Å². The SMILES string of the molecule is [2H]C(CCCn1c(=O)c2c(ncn2C)n(C)c1=O)C(O)C([2H])([2H])O.[2H]C(O)C(O)C([2H])([2H])CCCn1c(=O)c2c(ncn2C)n(C)c1=O.[2H]C(O)C(O)C([2H])CCCn1c(=O)c2c(nc(C)n2C)n(C)c1=O. The third kappa shape index (κ3) is 11.3. The Morgan fingerprint density at radius 2 is 0.922 bits per heavy atom. The summed E-state index contributed by atoms with van der Waals surface area (Å²) < 4.78 is 70.2. The second-order valence-electron chi connectivity index (χ2n) is 14.7. The summed E-state index contributed by atoms with van der Waals surface area (Å²) in [4.78, 5) is 86.6. The molecule has 6 heterocycles. The van der Waals surface area contributed by atoms with Gasteiger partial charge in [0.2, 0.25) is 0 Å². The summed E-state index contributed by atoms with van der Waals surface area (Å²) >= 11 is 0. The maximum absolute atomic E-state index is 12.6. The van der Waals surface area contributed by atoms with Crippen LogP contribution < -0.4 is 33.7 Å². The fraction of sp³-hybridized carbons (Fsp3) is 0.625. The quantitative estimate of drug-likeness (QED) is 0.0507. The summed E-state index contributed by atoms with van der Waals surface area (Å²) in [6.07, 6.45) is -6.37. The molecule has 0 aliphatic rings. The van der Waals surface area contributed by atoms with Crippen LogP contribution in [0.5, 0.6) is 0 Å². The smallest absolute Gasteiger partial charge is 0.332 e. The number of aliphatic hydroxyl groups is 6. The zero-order valence-electron chi connectivity index (χ0n) is 44.6. The summed E-state index contributed by atoms with van der Waals surface area (Å²) in [6.45, 7) is -4.77. The second kappa shape index (κ2) is 22.7. The lowest BCUT2D eigenvalue weighted by molar-refractivity contribution is 0.0858. The van der Waals surface area contributed by atoms with Crippen molar-refractivity contribution in [2.75, 3.05) is 19.7 Å². The zero-order chi connectivity index (χ0) is 54.6. The first kappa shape index (κ1) is 39.8. The van der Waals surface area contributed by atoms with E-state index >= 15 is 0 Å². The third-order valence-corrected chi connectivity index (χ3v) is 10.3. The minimum absolute atomic E-state index is 0.0141. The summed E-state index contributed by atoms with van der Waals surface area (Å²) in [7, 11) is 9.52. The molecular weight excluding hydrogens is 841 g/mol. The highest BCUT2D eigenvalue weighted by Gasteiger charge is 2.18. The highest BCUT2D eigenvalue weighted by Crippen LogP contribution is 2.10. The van der Waals surface area contributed by atoms with Crippen LogP contribution in [-0.2, 0) is 61.9 Å². The van der Waals surface area contributed by atoms with Gasteiger partial charge in [-0.3, -0.25) is 41.8 Å². The average molecular weight is 911 g/mol. The van der Waals surface area contributed by atoms with E-state index in [1.54, 1.807) is 39.7 Å². The predicted molar refractivity (Wildman–Crippen MR) is 236 cm³/mol. The van der Waals surface area contributed by atoms with Crippen molar-refractivity contribution in [2.45, 2.75) is 103 Å². The summed E-state index contributed by atoms with van der Waals surface area (Å²) in [5.74, 6) is 0.619. The second-order valence-corrected chi connectivity index (χ2v) is 14.7. The van der Waals surface area contributed by atoms with Gasteiger partial charge < -0.3 is 44.3 Å². The van der Waals surface area contributed by atoms with Gasteiger partial charge in [0.05, 0.1) is 56.2 Å². The Morgan fingerprint density at radius 1 is 0.531 bits per heavy atom. The van der Waals surface area contributed by atoms with E-state index in [1.807, 2.05) is 0 Å². The van der Waals surface area contributed by atoms with Gasteiger partial charge in [-0.2, -0.15) is 0 Å². The number of nitrogens with zero attached hydrogens (tertiary/aromatic N) is 12. The van der Waals surface area contributed by atoms with E-state index in [0.29, 0.717) is 17.0 Å². The topological polar surface area (TPSA) is 307 Å². The highest BCUT2D eigenvalue weighted by atomic mass is 16.3. The lowest BCUT2D eigenvalue weighted by atomic mass is 10.1. The summed E-state index contributed by atoms with van der Waals surface area (Å²) in [5, 5.41) is 55.5. The average Bonchev–Trinajstić information content (AvgIpc) is 4.00. The van der Waals surface area contributed by atoms with Gasteiger partial charge in [-0.15, -0.1) is 0 Å². The number of aryl methyl sites for hydroxylation is 7. The van der Waals surface area contributed by atoms with Gasteiger partial charge in [-0.1, -0.05) is 0 Å². The Labute approximate surface area is 376 Å². The molecule has 354 valence electrons. The van der Waals surface area contributed by atoms with Gasteiger partial charge in [0.15, 0.2) is 33.5 Å². The first-order valence-electron chi connectivity index (χ1n) is 24.3. The van der Waals surface area contributed by atoms with Crippen LogP contribution in [0.3, 0.4) is 0 Å². The van der Waals surface area contributed by atoms with Crippen molar-refractivity contribution in [1.29, 1.82) is 0 Å². The molecule has 6 aromatic heterocycles. The normalized spacial score (nSPS) is 17.2. The van der Waals surface area contributed by atoms with Gasteiger partial charge in [-0.05, 0) is 64.6 Å². The Morgan fingerprint density at radius 3 is 1.34 bits per heavy atom. The lowest BCUT2D eigenvalue weighted by Crippen LogP contribution is -2.39. The Bertz CT molecular complexity index is 3240. The van der Waals surface area contributed by atoms with Crippen LogP contribution in [0, 0.1) is 6.92 Å². The molecule has 0 aromatic carbocycles. The Kier molecular flexibility index (Phi) is 14.1. The summed E-state index contributed by atoms with van der Waals surface area (Å²) in [6, 6.07) is 0. The Balaban J connectivity index is 0.000000234. The van der Waals surface area contributed by atoms with E-state index < -0.39 is 91.0 Å². The van der Waals surface area contributed by atoms with Crippen LogP contribution in [0.4, 0.5) is 0 Å². The van der Waals surface area contributed by atoms with E-state index in [1.165, 1.54) is 49.6 Å². The van der Waals surface area contributed by atoms with E-state index in [4.69, 9.17) is 26.3 Å². The lowest BCUT2D eigenvalue weighted by Gasteiger charge is -2.09. The molecular formula is C40H62N12O12. The van der Waals surface area contributed by atoms with Crippen molar-refractivity contribution in [3.05, 3.63) is 81.0 Å². The number of aromatic nitrogens is 12. The van der Waals surface area contributed by atoms with Crippen molar-refractivity contribution in [2.24, 2.45) is 42.3 Å². The fourth-order valence-corrected chi connectivity index (χ4v) is 6.65. The van der Waals surface area contributed by atoms with Crippen molar-refractivity contribution in [1.82, 2.24) is 56.1 Å². The fourth-order valence-electron chi connectivity index (χ4n) is 6.65. The third-order valence-electron chi connectivity index (χ3n) is 10.3. The molecule has 0 spiro atoms. The van der Waals surface area contributed by atoms with Crippen molar-refractivity contribution in [3.8, 4) is 0 Å². The number of imidazole rings is 3. The number of aliphatic hydroxyl groups excluding tert-OH is 5. The number of rotatable bonds is 18. The maximum atomic E-state index is 12.6. The van der Waals surface area contributed by atoms with E-state index in [0.717, 1.165) is 13.7 Å². The van der Waals surface area contributed by atoms with Crippen LogP contribution >= 0.6 is 0 Å². The largest absolute Gasteiger partial charge is 0.394 e.